The van der Waals surface area contributed by atoms with Gasteiger partial charge in [0, 0.05) is 29.0 Å². The quantitative estimate of drug-likeness (QED) is 0.484. The van der Waals surface area contributed by atoms with E-state index in [1.807, 2.05) is 19.9 Å². The SMILES string of the molecule is C=C/C=C\C(=C/C(C)N1c2cc(C)ccc2C2C=CC(C(C)(C)O)=CC21)NC1=CCCC=C1. The Bertz CT molecular complexity index is 1090. The van der Waals surface area contributed by atoms with Gasteiger partial charge in [0.2, 0.25) is 0 Å². The lowest BCUT2D eigenvalue weighted by atomic mass is 9.84. The number of fused-ring (bicyclic) bond motifs is 3. The summed E-state index contributed by atoms with van der Waals surface area (Å²) in [6.07, 6.45) is 23.5. The van der Waals surface area contributed by atoms with Crippen molar-refractivity contribution in [1.82, 2.24) is 5.32 Å². The number of benzene rings is 1. The van der Waals surface area contributed by atoms with Crippen LogP contribution in [0.5, 0.6) is 0 Å². The van der Waals surface area contributed by atoms with Crippen molar-refractivity contribution in [3.63, 3.8) is 0 Å². The van der Waals surface area contributed by atoms with Crippen molar-refractivity contribution < 1.29 is 5.11 Å². The number of hydrogen-bond acceptors (Lipinski definition) is 3. The van der Waals surface area contributed by atoms with Gasteiger partial charge in [-0.25, -0.2) is 0 Å². The van der Waals surface area contributed by atoms with Gasteiger partial charge in [-0.3, -0.25) is 0 Å². The van der Waals surface area contributed by atoms with Gasteiger partial charge in [0.05, 0.1) is 11.6 Å². The molecule has 3 nitrogen and oxygen atoms in total. The van der Waals surface area contributed by atoms with E-state index in [0.29, 0.717) is 0 Å². The van der Waals surface area contributed by atoms with E-state index in [4.69, 9.17) is 0 Å². The number of nitrogens with zero attached hydrogens (tertiary/aromatic N) is 1. The average molecular weight is 441 g/mol. The van der Waals surface area contributed by atoms with Crippen LogP contribution in [-0.2, 0) is 0 Å². The Hall–Kier alpha value is -3.04. The van der Waals surface area contributed by atoms with Crippen LogP contribution in [-0.4, -0.2) is 22.8 Å². The molecule has 3 atom stereocenters. The molecule has 0 aromatic heterocycles. The molecule has 0 saturated heterocycles. The molecule has 0 fully saturated rings. The van der Waals surface area contributed by atoms with E-state index < -0.39 is 5.60 Å². The number of rotatable bonds is 7. The lowest BCUT2D eigenvalue weighted by molar-refractivity contribution is 0.122. The minimum Gasteiger partial charge on any atom is -0.386 e. The van der Waals surface area contributed by atoms with E-state index in [1.165, 1.54) is 16.8 Å². The van der Waals surface area contributed by atoms with Crippen LogP contribution < -0.4 is 10.2 Å². The number of nitrogens with one attached hydrogen (secondary N) is 1. The van der Waals surface area contributed by atoms with Crippen LogP contribution in [0.3, 0.4) is 0 Å². The molecule has 1 heterocycles. The van der Waals surface area contributed by atoms with Gasteiger partial charge in [0.1, 0.15) is 0 Å². The number of aliphatic hydroxyl groups is 1. The molecule has 2 N–H and O–H groups in total. The number of aryl methyl sites for hydroxylation is 1. The molecule has 1 aliphatic heterocycles. The van der Waals surface area contributed by atoms with Crippen molar-refractivity contribution in [1.29, 1.82) is 0 Å². The Balaban J connectivity index is 1.73. The largest absolute Gasteiger partial charge is 0.386 e. The number of allylic oxidation sites excluding steroid dienone is 6. The van der Waals surface area contributed by atoms with Crippen molar-refractivity contribution in [2.45, 2.75) is 64.1 Å². The summed E-state index contributed by atoms with van der Waals surface area (Å²) >= 11 is 0. The minimum atomic E-state index is -0.865. The van der Waals surface area contributed by atoms with Gasteiger partial charge in [-0.05, 0) is 81.5 Å². The fourth-order valence-corrected chi connectivity index (χ4v) is 4.95. The fourth-order valence-electron chi connectivity index (χ4n) is 4.95. The second-order valence-corrected chi connectivity index (χ2v) is 9.75. The highest BCUT2D eigenvalue weighted by atomic mass is 16.3. The third kappa shape index (κ3) is 4.99. The molecule has 0 bridgehead atoms. The Kier molecular flexibility index (Phi) is 6.62. The smallest absolute Gasteiger partial charge is 0.0838 e. The molecule has 0 spiro atoms. The molecule has 172 valence electrons. The van der Waals surface area contributed by atoms with E-state index in [0.717, 1.165) is 29.8 Å². The summed E-state index contributed by atoms with van der Waals surface area (Å²) in [5.74, 6) is 0.284. The summed E-state index contributed by atoms with van der Waals surface area (Å²) in [5.41, 5.74) is 6.17. The summed E-state index contributed by atoms with van der Waals surface area (Å²) in [6.45, 7) is 12.0. The number of anilines is 1. The molecule has 0 amide bonds. The zero-order valence-corrected chi connectivity index (χ0v) is 20.3. The summed E-state index contributed by atoms with van der Waals surface area (Å²) in [4.78, 5) is 2.50. The Labute approximate surface area is 198 Å². The first kappa shape index (κ1) is 23.1. The Morgan fingerprint density at radius 2 is 2.09 bits per heavy atom. The van der Waals surface area contributed by atoms with Crippen LogP contribution >= 0.6 is 0 Å². The van der Waals surface area contributed by atoms with Crippen molar-refractivity contribution in [3.8, 4) is 0 Å². The van der Waals surface area contributed by atoms with E-state index in [9.17, 15) is 5.11 Å². The van der Waals surface area contributed by atoms with E-state index in [-0.39, 0.29) is 18.0 Å². The van der Waals surface area contributed by atoms with Crippen LogP contribution in [0, 0.1) is 6.92 Å². The monoisotopic (exact) mass is 440 g/mol. The molecule has 3 aliphatic rings. The normalized spacial score (nSPS) is 23.2. The lowest BCUT2D eigenvalue weighted by Crippen LogP contribution is -2.41. The maximum Gasteiger partial charge on any atom is 0.0838 e. The second kappa shape index (κ2) is 9.44. The standard InChI is InChI=1S/C30H36N2O/c1-6-7-11-25(31-24-12-9-8-10-13-24)19-22(3)32-28-18-21(2)14-16-26(28)27-17-15-23(20-29(27)32)30(4,5)33/h6-7,9,11-20,22,27,29,31,33H,1,8,10H2,2-5H3/b11-7-,25-19+. The third-order valence-corrected chi connectivity index (χ3v) is 6.61. The third-order valence-electron chi connectivity index (χ3n) is 6.61. The molecule has 0 radical (unpaired) electrons. The molecule has 3 unspecified atom stereocenters. The van der Waals surface area contributed by atoms with Crippen molar-refractivity contribution >= 4 is 5.69 Å². The zero-order valence-electron chi connectivity index (χ0n) is 20.3. The molecule has 2 aliphatic carbocycles. The Morgan fingerprint density at radius 3 is 2.79 bits per heavy atom. The molecule has 33 heavy (non-hydrogen) atoms. The minimum absolute atomic E-state index is 0.136. The van der Waals surface area contributed by atoms with Crippen molar-refractivity contribution in [2.75, 3.05) is 4.90 Å². The second-order valence-electron chi connectivity index (χ2n) is 9.75. The maximum absolute atomic E-state index is 10.7. The first-order chi connectivity index (χ1) is 15.8. The first-order valence-corrected chi connectivity index (χ1v) is 11.9. The Morgan fingerprint density at radius 1 is 1.27 bits per heavy atom. The average Bonchev–Trinajstić information content (AvgIpc) is 3.10. The molecule has 3 heteroatoms. The summed E-state index contributed by atoms with van der Waals surface area (Å²) in [5, 5.41) is 14.3. The molecule has 1 aromatic carbocycles. The highest BCUT2D eigenvalue weighted by molar-refractivity contribution is 5.68. The van der Waals surface area contributed by atoms with Crippen LogP contribution in [0.25, 0.3) is 0 Å². The van der Waals surface area contributed by atoms with Gasteiger partial charge in [0.25, 0.3) is 0 Å². The molecule has 1 aromatic rings. The molecular weight excluding hydrogens is 404 g/mol. The molecule has 4 rings (SSSR count). The van der Waals surface area contributed by atoms with Gasteiger partial charge in [-0.15, -0.1) is 0 Å². The fraction of sp³-hybridized carbons (Fsp3) is 0.333. The zero-order chi connectivity index (χ0) is 23.6. The molecule has 0 saturated carbocycles. The maximum atomic E-state index is 10.7. The van der Waals surface area contributed by atoms with Crippen LogP contribution in [0.2, 0.25) is 0 Å². The summed E-state index contributed by atoms with van der Waals surface area (Å²) in [6, 6.07) is 7.06. The van der Waals surface area contributed by atoms with Crippen LogP contribution in [0.4, 0.5) is 5.69 Å². The summed E-state index contributed by atoms with van der Waals surface area (Å²) < 4.78 is 0. The van der Waals surface area contributed by atoms with Gasteiger partial charge < -0.3 is 15.3 Å². The topological polar surface area (TPSA) is 35.5 Å². The van der Waals surface area contributed by atoms with Gasteiger partial charge in [-0.1, -0.05) is 61.2 Å². The number of hydrogen-bond donors (Lipinski definition) is 2. The predicted octanol–water partition coefficient (Wildman–Crippen LogP) is 6.37. The van der Waals surface area contributed by atoms with Gasteiger partial charge in [0.15, 0.2) is 0 Å². The molecular formula is C30H36N2O. The van der Waals surface area contributed by atoms with Crippen molar-refractivity contribution in [2.24, 2.45) is 0 Å². The summed E-state index contributed by atoms with van der Waals surface area (Å²) in [7, 11) is 0. The van der Waals surface area contributed by atoms with Crippen molar-refractivity contribution in [3.05, 3.63) is 114 Å². The first-order valence-electron chi connectivity index (χ1n) is 11.9. The highest BCUT2D eigenvalue weighted by Gasteiger charge is 2.40. The van der Waals surface area contributed by atoms with E-state index in [2.05, 4.69) is 97.5 Å². The van der Waals surface area contributed by atoms with E-state index >= 15 is 0 Å². The van der Waals surface area contributed by atoms with Gasteiger partial charge in [-0.2, -0.15) is 0 Å². The van der Waals surface area contributed by atoms with Crippen LogP contribution in [0.1, 0.15) is 50.7 Å². The van der Waals surface area contributed by atoms with Crippen LogP contribution in [0.15, 0.2) is 103 Å². The highest BCUT2D eigenvalue weighted by Crippen LogP contribution is 2.47. The lowest BCUT2D eigenvalue weighted by Gasteiger charge is -2.35. The predicted molar refractivity (Wildman–Crippen MR) is 140 cm³/mol. The van der Waals surface area contributed by atoms with Gasteiger partial charge >= 0.3 is 0 Å². The van der Waals surface area contributed by atoms with E-state index in [1.54, 1.807) is 6.08 Å².